The topological polar surface area (TPSA) is 124 Å². The Morgan fingerprint density at radius 2 is 2.28 bits per heavy atom. The second kappa shape index (κ2) is 7.44. The number of aromatic nitrogens is 1. The standard InChI is InChI=1S/C19H19FN4O4S/c1-3-19(11-25)7-6-14-16(29(27,28)23-19)10-24(2)17(14)18(26)22-13-4-5-15(20)12(8-13)9-21/h3-5,8,10,23,25H,1,6-7,11H2,2H3,(H,22,26)/t19-/m0/s1. The molecule has 0 unspecified atom stereocenters. The first-order chi connectivity index (χ1) is 13.7. The summed E-state index contributed by atoms with van der Waals surface area (Å²) < 4.78 is 43.0. The third-order valence-corrected chi connectivity index (χ3v) is 6.53. The molecule has 10 heteroatoms. The van der Waals surface area contributed by atoms with Crippen LogP contribution in [0.25, 0.3) is 0 Å². The van der Waals surface area contributed by atoms with Crippen LogP contribution in [-0.2, 0) is 23.5 Å². The van der Waals surface area contributed by atoms with Gasteiger partial charge in [0.1, 0.15) is 22.5 Å². The minimum Gasteiger partial charge on any atom is -0.394 e. The Morgan fingerprint density at radius 3 is 2.90 bits per heavy atom. The van der Waals surface area contributed by atoms with Crippen LogP contribution >= 0.6 is 0 Å². The summed E-state index contributed by atoms with van der Waals surface area (Å²) in [6.07, 6.45) is 3.08. The van der Waals surface area contributed by atoms with Crippen LogP contribution in [0.1, 0.15) is 28.0 Å². The van der Waals surface area contributed by atoms with Gasteiger partial charge >= 0.3 is 0 Å². The fraction of sp³-hybridized carbons (Fsp3) is 0.263. The number of rotatable bonds is 4. The quantitative estimate of drug-likeness (QED) is 0.648. The highest BCUT2D eigenvalue weighted by molar-refractivity contribution is 7.89. The van der Waals surface area contributed by atoms with E-state index in [4.69, 9.17) is 5.26 Å². The molecule has 0 spiro atoms. The van der Waals surface area contributed by atoms with Crippen molar-refractivity contribution in [2.75, 3.05) is 11.9 Å². The largest absolute Gasteiger partial charge is 0.394 e. The number of amides is 1. The Hall–Kier alpha value is -3.00. The maximum absolute atomic E-state index is 13.5. The van der Waals surface area contributed by atoms with Gasteiger partial charge in [0.15, 0.2) is 0 Å². The van der Waals surface area contributed by atoms with E-state index in [0.717, 1.165) is 6.07 Å². The third kappa shape index (κ3) is 3.67. The highest BCUT2D eigenvalue weighted by atomic mass is 32.2. The smallest absolute Gasteiger partial charge is 0.272 e. The van der Waals surface area contributed by atoms with Gasteiger partial charge in [-0.2, -0.15) is 9.98 Å². The average molecular weight is 418 g/mol. The minimum atomic E-state index is -4.01. The number of carbonyl (C=O) groups is 1. The Morgan fingerprint density at radius 1 is 1.55 bits per heavy atom. The number of hydrogen-bond acceptors (Lipinski definition) is 5. The molecule has 1 aliphatic rings. The monoisotopic (exact) mass is 418 g/mol. The Bertz CT molecular complexity index is 1150. The lowest BCUT2D eigenvalue weighted by Crippen LogP contribution is -2.48. The van der Waals surface area contributed by atoms with E-state index >= 15 is 0 Å². The number of sulfonamides is 1. The molecule has 1 amide bonds. The van der Waals surface area contributed by atoms with E-state index in [0.29, 0.717) is 5.56 Å². The number of aliphatic hydroxyl groups is 1. The maximum Gasteiger partial charge on any atom is 0.272 e. The molecule has 152 valence electrons. The molecule has 0 saturated carbocycles. The fourth-order valence-corrected chi connectivity index (χ4v) is 5.05. The van der Waals surface area contributed by atoms with E-state index in [1.165, 1.54) is 36.0 Å². The van der Waals surface area contributed by atoms with Gasteiger partial charge in [0, 0.05) is 24.5 Å². The van der Waals surface area contributed by atoms with Gasteiger partial charge in [0.05, 0.1) is 17.7 Å². The third-order valence-electron chi connectivity index (χ3n) is 4.93. The number of carbonyl (C=O) groups excluding carboxylic acids is 1. The molecule has 2 aromatic rings. The normalized spacial score (nSPS) is 20.2. The van der Waals surface area contributed by atoms with Crippen LogP contribution in [0.2, 0.25) is 0 Å². The van der Waals surface area contributed by atoms with Crippen LogP contribution in [0.4, 0.5) is 10.1 Å². The van der Waals surface area contributed by atoms with Gasteiger partial charge in [0.25, 0.3) is 5.91 Å². The van der Waals surface area contributed by atoms with E-state index in [2.05, 4.69) is 16.6 Å². The van der Waals surface area contributed by atoms with Crippen LogP contribution < -0.4 is 10.0 Å². The van der Waals surface area contributed by atoms with E-state index in [9.17, 15) is 22.7 Å². The SMILES string of the molecule is C=C[C@@]1(CO)CCc2c(cn(C)c2C(=O)Nc2ccc(F)c(C#N)c2)S(=O)(=O)N1. The lowest BCUT2D eigenvalue weighted by molar-refractivity contribution is 0.101. The molecule has 0 fully saturated rings. The number of benzene rings is 1. The molecule has 0 aliphatic carbocycles. The Labute approximate surface area is 167 Å². The summed E-state index contributed by atoms with van der Waals surface area (Å²) in [7, 11) is -2.47. The van der Waals surface area contributed by atoms with Gasteiger partial charge in [-0.3, -0.25) is 4.79 Å². The van der Waals surface area contributed by atoms with Crippen molar-refractivity contribution in [2.45, 2.75) is 23.3 Å². The van der Waals surface area contributed by atoms with Gasteiger partial charge < -0.3 is 15.0 Å². The Balaban J connectivity index is 2.02. The summed E-state index contributed by atoms with van der Waals surface area (Å²) in [6.45, 7) is 3.14. The number of aryl methyl sites for hydroxylation is 1. The fourth-order valence-electron chi connectivity index (χ4n) is 3.34. The first-order valence-electron chi connectivity index (χ1n) is 8.64. The number of halogens is 1. The molecule has 1 aromatic heterocycles. The van der Waals surface area contributed by atoms with E-state index in [1.807, 2.05) is 0 Å². The molecule has 1 aliphatic heterocycles. The Kier molecular flexibility index (Phi) is 5.32. The van der Waals surface area contributed by atoms with Crippen molar-refractivity contribution in [3.63, 3.8) is 0 Å². The van der Waals surface area contributed by atoms with Crippen LogP contribution in [-0.4, -0.2) is 36.1 Å². The van der Waals surface area contributed by atoms with Crippen molar-refractivity contribution in [1.82, 2.24) is 9.29 Å². The average Bonchev–Trinajstić information content (AvgIpc) is 2.98. The molecule has 1 atom stereocenters. The molecule has 29 heavy (non-hydrogen) atoms. The molecule has 1 aromatic carbocycles. The van der Waals surface area contributed by atoms with Crippen LogP contribution in [0.3, 0.4) is 0 Å². The van der Waals surface area contributed by atoms with Crippen molar-refractivity contribution >= 4 is 21.6 Å². The van der Waals surface area contributed by atoms with Crippen molar-refractivity contribution in [3.8, 4) is 6.07 Å². The number of fused-ring (bicyclic) bond motifs is 1. The van der Waals surface area contributed by atoms with Crippen LogP contribution in [0, 0.1) is 17.1 Å². The predicted molar refractivity (Wildman–Crippen MR) is 103 cm³/mol. The van der Waals surface area contributed by atoms with Crippen molar-refractivity contribution in [1.29, 1.82) is 5.26 Å². The zero-order chi connectivity index (χ0) is 21.4. The zero-order valence-electron chi connectivity index (χ0n) is 15.6. The van der Waals surface area contributed by atoms with Gasteiger partial charge in [0.2, 0.25) is 10.0 Å². The number of nitrogens with one attached hydrogen (secondary N) is 2. The van der Waals surface area contributed by atoms with Gasteiger partial charge in [-0.15, -0.1) is 6.58 Å². The summed E-state index contributed by atoms with van der Waals surface area (Å²) >= 11 is 0. The molecule has 0 radical (unpaired) electrons. The summed E-state index contributed by atoms with van der Waals surface area (Å²) in [5.74, 6) is -1.31. The van der Waals surface area contributed by atoms with E-state index < -0.39 is 33.9 Å². The van der Waals surface area contributed by atoms with Gasteiger partial charge in [-0.05, 0) is 31.0 Å². The summed E-state index contributed by atoms with van der Waals surface area (Å²) in [4.78, 5) is 12.8. The molecular weight excluding hydrogens is 399 g/mol. The minimum absolute atomic E-state index is 0.0563. The first kappa shape index (κ1) is 20.7. The number of hydrogen-bond donors (Lipinski definition) is 3. The predicted octanol–water partition coefficient (Wildman–Crippen LogP) is 1.43. The van der Waals surface area contributed by atoms with Gasteiger partial charge in [-0.1, -0.05) is 6.08 Å². The lowest BCUT2D eigenvalue weighted by Gasteiger charge is -2.27. The van der Waals surface area contributed by atoms with E-state index in [1.54, 1.807) is 6.07 Å². The second-order valence-electron chi connectivity index (χ2n) is 6.82. The first-order valence-corrected chi connectivity index (χ1v) is 10.1. The summed E-state index contributed by atoms with van der Waals surface area (Å²) in [5, 5.41) is 21.2. The molecule has 8 nitrogen and oxygen atoms in total. The lowest BCUT2D eigenvalue weighted by atomic mass is 9.93. The molecular formula is C19H19FN4O4S. The van der Waals surface area contributed by atoms with Gasteiger partial charge in [-0.25, -0.2) is 12.8 Å². The molecule has 3 N–H and O–H groups in total. The van der Waals surface area contributed by atoms with Crippen molar-refractivity contribution in [3.05, 3.63) is 59.7 Å². The summed E-state index contributed by atoms with van der Waals surface area (Å²) in [5.41, 5.74) is -0.828. The van der Waals surface area contributed by atoms with Crippen LogP contribution in [0.15, 0.2) is 41.9 Å². The number of aliphatic hydroxyl groups excluding tert-OH is 1. The highest BCUT2D eigenvalue weighted by Crippen LogP contribution is 2.31. The molecule has 0 bridgehead atoms. The second-order valence-corrected chi connectivity index (χ2v) is 8.47. The zero-order valence-corrected chi connectivity index (χ0v) is 16.4. The van der Waals surface area contributed by atoms with E-state index in [-0.39, 0.29) is 34.7 Å². The van der Waals surface area contributed by atoms with Crippen molar-refractivity contribution in [2.24, 2.45) is 7.05 Å². The molecule has 3 rings (SSSR count). The highest BCUT2D eigenvalue weighted by Gasteiger charge is 2.39. The molecule has 2 heterocycles. The molecule has 0 saturated heterocycles. The number of anilines is 1. The maximum atomic E-state index is 13.5. The van der Waals surface area contributed by atoms with Crippen LogP contribution in [0.5, 0.6) is 0 Å². The number of nitrogens with zero attached hydrogens (tertiary/aromatic N) is 2. The van der Waals surface area contributed by atoms with Crippen molar-refractivity contribution < 1.29 is 22.7 Å². The summed E-state index contributed by atoms with van der Waals surface area (Å²) in [6, 6.07) is 5.26. The number of nitriles is 1.